The summed E-state index contributed by atoms with van der Waals surface area (Å²) >= 11 is 0. The van der Waals surface area contributed by atoms with Gasteiger partial charge in [-0.15, -0.1) is 0 Å². The summed E-state index contributed by atoms with van der Waals surface area (Å²) in [6.07, 6.45) is -5.10. The van der Waals surface area contributed by atoms with Crippen molar-refractivity contribution in [2.45, 2.75) is 24.5 Å². The molecule has 0 bridgehead atoms. The molecule has 0 aromatic carbocycles. The third-order valence-corrected chi connectivity index (χ3v) is 4.97. The first-order valence-electron chi connectivity index (χ1n) is 6.76. The summed E-state index contributed by atoms with van der Waals surface area (Å²) in [6, 6.07) is 0. The van der Waals surface area contributed by atoms with Gasteiger partial charge >= 0.3 is 94.4 Å². The van der Waals surface area contributed by atoms with E-state index in [0.29, 0.717) is 0 Å². The number of phosphoric acid groups is 1. The summed E-state index contributed by atoms with van der Waals surface area (Å²) in [5.41, 5.74) is -1.77. The molecular weight excluding hydrogens is 482 g/mol. The Kier molecular flexibility index (Phi) is 15.3. The second kappa shape index (κ2) is 13.6. The zero-order valence-electron chi connectivity index (χ0n) is 15.9. The summed E-state index contributed by atoms with van der Waals surface area (Å²) in [7, 11) is -9.82. The van der Waals surface area contributed by atoms with Gasteiger partial charge in [0.05, 0.1) is 35.3 Å². The first kappa shape index (κ1) is 33.9. The Morgan fingerprint density at radius 2 is 1.80 bits per heavy atom. The topological polar surface area (TPSA) is 212 Å². The minimum atomic E-state index is -5.53. The average Bonchev–Trinajstić information content (AvgIpc) is 2.79. The first-order valence-corrected chi connectivity index (χ1v) is 9.32. The number of aromatic amines is 1. The molecule has 1 aromatic heterocycles. The van der Waals surface area contributed by atoms with E-state index < -0.39 is 65.3 Å². The van der Waals surface area contributed by atoms with Crippen LogP contribution < -0.4 is 114 Å². The Morgan fingerprint density at radius 1 is 1.23 bits per heavy atom. The van der Waals surface area contributed by atoms with Gasteiger partial charge in [0.2, 0.25) is 5.75 Å². The van der Waals surface area contributed by atoms with Crippen molar-refractivity contribution in [1.29, 1.82) is 0 Å². The summed E-state index contributed by atoms with van der Waals surface area (Å²) in [5, 5.41) is 20.1. The molecule has 0 aliphatic carbocycles. The molecule has 5 atom stereocenters. The third-order valence-electron chi connectivity index (χ3n) is 3.28. The SMILES string of the molecule is [BH3-][P@@](=O)(OC[C@H]1O[C@@H](n2cc(OC)c(=O)[nH]c2=O)[C@H](O)[C@@H]1O)OP(=O)([O-])[O-].[Na+].[Na+].[Na+]. The Hall–Kier alpha value is 1.72. The number of aromatic nitrogens is 2. The maximum Gasteiger partial charge on any atom is 1.00 e. The van der Waals surface area contributed by atoms with Crippen molar-refractivity contribution < 1.29 is 136 Å². The van der Waals surface area contributed by atoms with E-state index in [4.69, 9.17) is 14.0 Å². The van der Waals surface area contributed by atoms with E-state index in [-0.39, 0.29) is 94.4 Å². The van der Waals surface area contributed by atoms with Crippen LogP contribution in [0.1, 0.15) is 6.23 Å². The van der Waals surface area contributed by atoms with Crippen LogP contribution in [0.25, 0.3) is 0 Å². The first-order chi connectivity index (χ1) is 12.3. The van der Waals surface area contributed by atoms with Gasteiger partial charge in [-0.05, 0) is 0 Å². The van der Waals surface area contributed by atoms with Crippen molar-refractivity contribution in [2.75, 3.05) is 13.7 Å². The van der Waals surface area contributed by atoms with Crippen LogP contribution >= 0.6 is 15.3 Å². The van der Waals surface area contributed by atoms with Crippen molar-refractivity contribution in [1.82, 2.24) is 9.55 Å². The van der Waals surface area contributed by atoms with Gasteiger partial charge in [-0.1, -0.05) is 0 Å². The third kappa shape index (κ3) is 9.17. The molecule has 1 aliphatic heterocycles. The average molecular weight is 498 g/mol. The molecule has 1 aliphatic rings. The maximum atomic E-state index is 11.9. The quantitative estimate of drug-likeness (QED) is 0.236. The van der Waals surface area contributed by atoms with Gasteiger partial charge in [0.15, 0.2) is 13.7 Å². The van der Waals surface area contributed by atoms with Crippen molar-refractivity contribution in [3.63, 3.8) is 0 Å². The summed E-state index contributed by atoms with van der Waals surface area (Å²) in [6.45, 7) is -0.676. The second-order valence-corrected chi connectivity index (χ2v) is 7.21. The van der Waals surface area contributed by atoms with Gasteiger partial charge in [0, 0.05) is 0 Å². The fourth-order valence-corrected chi connectivity index (χ4v) is 3.25. The number of ether oxygens (including phenoxy) is 2. The number of H-pyrrole nitrogens is 1. The standard InChI is InChI=1S/C10H18BN2O12P2.3Na/c1-22-4-2-13(10(17)12-8(4)16)9-7(15)6(14)5(24-9)3-23-26(11,18)25-27(19,20)21;;;/h2,5-7,9,14-15H,3H2,1,11H3,(H,12,16,17)(H2,19,20,21);;;/q-1;3*+1/p-2/t5-,6-,7-,9-,26-;;;/m1.../s1. The molecule has 1 saturated heterocycles. The van der Waals surface area contributed by atoms with Crippen LogP contribution in [0, 0.1) is 0 Å². The predicted molar refractivity (Wildman–Crippen MR) is 86.0 cm³/mol. The maximum absolute atomic E-state index is 11.9. The van der Waals surface area contributed by atoms with Crippen molar-refractivity contribution in [3.8, 4) is 5.75 Å². The molecular formula is C10H16BN2Na3O12P2. The number of rotatable bonds is 7. The molecule has 0 saturated carbocycles. The fraction of sp³-hybridized carbons (Fsp3) is 0.600. The van der Waals surface area contributed by atoms with Crippen LogP contribution in [0.15, 0.2) is 15.8 Å². The van der Waals surface area contributed by atoms with E-state index in [2.05, 4.69) is 4.31 Å². The van der Waals surface area contributed by atoms with E-state index in [0.717, 1.165) is 10.8 Å². The van der Waals surface area contributed by atoms with E-state index in [9.17, 15) is 38.7 Å². The largest absolute Gasteiger partial charge is 1.00 e. The fourth-order valence-electron chi connectivity index (χ4n) is 2.14. The molecule has 14 nitrogen and oxygen atoms in total. The van der Waals surface area contributed by atoms with Crippen LogP contribution in [-0.4, -0.2) is 59.4 Å². The Labute approximate surface area is 237 Å². The van der Waals surface area contributed by atoms with Crippen LogP contribution in [0.3, 0.4) is 0 Å². The molecule has 2 heterocycles. The predicted octanol–water partition coefficient (Wildman–Crippen LogP) is -13.5. The van der Waals surface area contributed by atoms with E-state index >= 15 is 0 Å². The number of aliphatic hydroxyl groups excluding tert-OH is 2. The van der Waals surface area contributed by atoms with Gasteiger partial charge < -0.3 is 47.4 Å². The second-order valence-electron chi connectivity index (χ2n) is 4.96. The Balaban J connectivity index is 0. The number of methoxy groups -OCH3 is 1. The van der Waals surface area contributed by atoms with Crippen molar-refractivity contribution >= 4 is 22.9 Å². The summed E-state index contributed by atoms with van der Waals surface area (Å²) in [5.74, 6) is -0.261. The molecule has 30 heavy (non-hydrogen) atoms. The van der Waals surface area contributed by atoms with E-state index in [1.54, 1.807) is 0 Å². The normalized spacial score (nSPS) is 25.3. The number of aliphatic hydroxyl groups is 2. The molecule has 0 amide bonds. The van der Waals surface area contributed by atoms with Gasteiger partial charge in [-0.25, -0.2) is 4.79 Å². The molecule has 0 spiro atoms. The molecule has 1 aromatic rings. The number of hydrogen-bond donors (Lipinski definition) is 3. The van der Waals surface area contributed by atoms with E-state index in [1.165, 1.54) is 7.11 Å². The molecule has 20 heteroatoms. The summed E-state index contributed by atoms with van der Waals surface area (Å²) < 4.78 is 42.0. The van der Waals surface area contributed by atoms with Gasteiger partial charge in [0.25, 0.3) is 5.56 Å². The molecule has 1 fully saturated rings. The molecule has 0 radical (unpaired) electrons. The van der Waals surface area contributed by atoms with Gasteiger partial charge in [-0.3, -0.25) is 14.3 Å². The van der Waals surface area contributed by atoms with Crippen LogP contribution in [0.4, 0.5) is 0 Å². The minimum Gasteiger partial charge on any atom is -0.790 e. The monoisotopic (exact) mass is 498 g/mol. The molecule has 154 valence electrons. The van der Waals surface area contributed by atoms with E-state index in [1.807, 2.05) is 4.98 Å². The minimum absolute atomic E-state index is 0. The zero-order valence-corrected chi connectivity index (χ0v) is 23.7. The Bertz CT molecular complexity index is 909. The zero-order chi connectivity index (χ0) is 20.6. The number of nitrogens with zero attached hydrogens (tertiary/aromatic N) is 1. The van der Waals surface area contributed by atoms with Crippen molar-refractivity contribution in [2.24, 2.45) is 0 Å². The molecule has 3 N–H and O–H groups in total. The number of nitrogens with one attached hydrogen (secondary N) is 1. The summed E-state index contributed by atoms with van der Waals surface area (Å²) in [4.78, 5) is 46.5. The van der Waals surface area contributed by atoms with Gasteiger partial charge in [-0.2, -0.15) is 0 Å². The number of hydrogen-bond acceptors (Lipinski definition) is 12. The molecule has 0 unspecified atom stereocenters. The van der Waals surface area contributed by atoms with Crippen molar-refractivity contribution in [3.05, 3.63) is 27.0 Å². The van der Waals surface area contributed by atoms with Crippen LogP contribution in [-0.2, 0) is 22.7 Å². The Morgan fingerprint density at radius 3 is 2.30 bits per heavy atom. The molecule has 2 rings (SSSR count). The van der Waals surface area contributed by atoms with Crippen LogP contribution in [0.2, 0.25) is 0 Å². The van der Waals surface area contributed by atoms with Gasteiger partial charge in [0.1, 0.15) is 18.3 Å². The smallest absolute Gasteiger partial charge is 0.790 e. The van der Waals surface area contributed by atoms with Crippen LogP contribution in [0.5, 0.6) is 5.75 Å².